The molecule has 6 N–H and O–H groups in total. The summed E-state index contributed by atoms with van der Waals surface area (Å²) in [6.07, 6.45) is 1.62. The average Bonchev–Trinajstić information content (AvgIpc) is 2.19. The highest BCUT2D eigenvalue weighted by molar-refractivity contribution is 5.70. The molecule has 0 aromatic carbocycles. The third-order valence-electron chi connectivity index (χ3n) is 2.39. The monoisotopic (exact) mass is 218 g/mol. The van der Waals surface area contributed by atoms with Crippen molar-refractivity contribution in [3.8, 4) is 0 Å². The van der Waals surface area contributed by atoms with E-state index in [-0.39, 0.29) is 0 Å². The van der Waals surface area contributed by atoms with Gasteiger partial charge >= 0.3 is 0 Å². The number of hydrogen-bond donors (Lipinski definition) is 2. The molecule has 1 aliphatic rings. The van der Waals surface area contributed by atoms with Crippen LogP contribution in [0.3, 0.4) is 0 Å². The van der Waals surface area contributed by atoms with Crippen molar-refractivity contribution in [1.29, 1.82) is 0 Å². The first-order valence-corrected chi connectivity index (χ1v) is 5.03. The molecule has 0 aromatic heterocycles. The molecule has 0 aliphatic heterocycles. The molecule has 0 aromatic rings. The lowest BCUT2D eigenvalue weighted by Crippen LogP contribution is -2.74. The Hall–Kier alpha value is -1.14. The Bertz CT molecular complexity index is 190. The number of carbonyl (C=O) groups is 2. The van der Waals surface area contributed by atoms with Gasteiger partial charge in [0.1, 0.15) is 0 Å². The highest BCUT2D eigenvalue weighted by atomic mass is 16.4. The molecule has 1 rings (SSSR count). The van der Waals surface area contributed by atoms with Crippen molar-refractivity contribution in [2.75, 3.05) is 6.67 Å². The molecule has 0 bridgehead atoms. The summed E-state index contributed by atoms with van der Waals surface area (Å²) in [6, 6.07) is 0. The molecule has 15 heavy (non-hydrogen) atoms. The van der Waals surface area contributed by atoms with Crippen LogP contribution in [-0.2, 0) is 9.59 Å². The van der Waals surface area contributed by atoms with E-state index in [9.17, 15) is 19.8 Å². The van der Waals surface area contributed by atoms with Gasteiger partial charge in [-0.2, -0.15) is 0 Å². The van der Waals surface area contributed by atoms with Crippen LogP contribution in [0.15, 0.2) is 0 Å². The number of quaternary nitrogens is 2. The highest BCUT2D eigenvalue weighted by Gasteiger charge is 2.22. The molecule has 0 saturated heterocycles. The van der Waals surface area contributed by atoms with Crippen LogP contribution < -0.4 is 21.7 Å². The lowest BCUT2D eigenvalue weighted by molar-refractivity contribution is -0.596. The lowest BCUT2D eigenvalue weighted by atomic mass is 9.82. The fourth-order valence-electron chi connectivity index (χ4n) is 1.56. The van der Waals surface area contributed by atoms with Crippen molar-refractivity contribution < 1.29 is 31.3 Å². The Morgan fingerprint density at radius 2 is 1.13 bits per heavy atom. The third-order valence-corrected chi connectivity index (χ3v) is 2.39. The number of aliphatic carboxylic acids is 2. The predicted molar refractivity (Wildman–Crippen MR) is 46.1 cm³/mol. The van der Waals surface area contributed by atoms with Crippen molar-refractivity contribution in [3.05, 3.63) is 0 Å². The van der Waals surface area contributed by atoms with Crippen molar-refractivity contribution >= 4 is 11.9 Å². The van der Waals surface area contributed by atoms with E-state index in [4.69, 9.17) is 0 Å². The minimum atomic E-state index is -1.06. The number of carbonyl (C=O) groups excluding carboxylic acids is 2. The first-order valence-electron chi connectivity index (χ1n) is 5.03. The van der Waals surface area contributed by atoms with Gasteiger partial charge < -0.3 is 31.3 Å². The summed E-state index contributed by atoms with van der Waals surface area (Å²) in [7, 11) is 0. The topological polar surface area (TPSA) is 136 Å². The maximum Gasteiger partial charge on any atom is 0.198 e. The van der Waals surface area contributed by atoms with Crippen LogP contribution in [0, 0.1) is 11.8 Å². The van der Waals surface area contributed by atoms with Crippen molar-refractivity contribution in [3.63, 3.8) is 0 Å². The predicted octanol–water partition coefficient (Wildman–Crippen LogP) is -4.28. The van der Waals surface area contributed by atoms with Crippen LogP contribution in [0.2, 0.25) is 0 Å². The Balaban J connectivity index is 0.000000583. The molecular formula is C9H18N2O4. The second-order valence-electron chi connectivity index (χ2n) is 3.54. The zero-order valence-corrected chi connectivity index (χ0v) is 8.74. The van der Waals surface area contributed by atoms with Crippen LogP contribution in [0.4, 0.5) is 0 Å². The Morgan fingerprint density at radius 3 is 1.27 bits per heavy atom. The van der Waals surface area contributed by atoms with Crippen molar-refractivity contribution in [2.24, 2.45) is 11.8 Å². The minimum Gasteiger partial charge on any atom is -0.550 e. The molecule has 0 atom stereocenters. The van der Waals surface area contributed by atoms with Gasteiger partial charge in [0.2, 0.25) is 0 Å². The minimum absolute atomic E-state index is 0.404. The average molecular weight is 218 g/mol. The number of carboxylic acid groups (broad SMARTS) is 2. The van der Waals surface area contributed by atoms with E-state index in [0.717, 1.165) is 6.67 Å². The van der Waals surface area contributed by atoms with E-state index in [0.29, 0.717) is 25.7 Å². The molecule has 0 radical (unpaired) electrons. The summed E-state index contributed by atoms with van der Waals surface area (Å²) >= 11 is 0. The second kappa shape index (κ2) is 7.19. The number of hydrogen-bond acceptors (Lipinski definition) is 4. The fourth-order valence-corrected chi connectivity index (χ4v) is 1.56. The van der Waals surface area contributed by atoms with E-state index >= 15 is 0 Å². The Kier molecular flexibility index (Phi) is 6.64. The molecule has 0 heterocycles. The van der Waals surface area contributed by atoms with Gasteiger partial charge in [-0.3, -0.25) is 0 Å². The molecule has 6 nitrogen and oxygen atoms in total. The van der Waals surface area contributed by atoms with Gasteiger partial charge in [-0.25, -0.2) is 0 Å². The van der Waals surface area contributed by atoms with Crippen LogP contribution in [0.25, 0.3) is 0 Å². The largest absolute Gasteiger partial charge is 0.550 e. The van der Waals surface area contributed by atoms with Gasteiger partial charge in [0.05, 0.1) is 0 Å². The van der Waals surface area contributed by atoms with Gasteiger partial charge in [-0.1, -0.05) is 0 Å². The Morgan fingerprint density at radius 1 is 0.933 bits per heavy atom. The maximum absolute atomic E-state index is 10.4. The van der Waals surface area contributed by atoms with Gasteiger partial charge in [0.25, 0.3) is 0 Å². The smallest absolute Gasteiger partial charge is 0.198 e. The molecule has 0 amide bonds. The van der Waals surface area contributed by atoms with Crippen LogP contribution in [0.5, 0.6) is 0 Å². The first kappa shape index (κ1) is 13.9. The summed E-state index contributed by atoms with van der Waals surface area (Å²) in [5.41, 5.74) is 6.75. The van der Waals surface area contributed by atoms with E-state index < -0.39 is 23.8 Å². The highest BCUT2D eigenvalue weighted by Crippen LogP contribution is 2.27. The van der Waals surface area contributed by atoms with E-state index in [2.05, 4.69) is 11.5 Å². The summed E-state index contributed by atoms with van der Waals surface area (Å²) in [5.74, 6) is -3.04. The standard InChI is InChI=1S/C8H12O4.CH6N2/c9-7(10)5-1-2-6(4-3-5)8(11)12;2-1-3/h5-6H,1-4H2,(H,9,10)(H,11,12);1-3H2. The van der Waals surface area contributed by atoms with Gasteiger partial charge in [-0.05, 0) is 37.5 Å². The summed E-state index contributed by atoms with van der Waals surface area (Å²) in [5, 5.41) is 20.7. The molecule has 0 spiro atoms. The van der Waals surface area contributed by atoms with Crippen molar-refractivity contribution in [2.45, 2.75) is 25.7 Å². The van der Waals surface area contributed by atoms with Gasteiger partial charge in [0.15, 0.2) is 6.67 Å². The fraction of sp³-hybridized carbons (Fsp3) is 0.778. The molecule has 88 valence electrons. The van der Waals surface area contributed by atoms with E-state index in [1.54, 1.807) is 0 Å². The second-order valence-corrected chi connectivity index (χ2v) is 3.54. The molecule has 1 aliphatic carbocycles. The number of rotatable bonds is 2. The van der Waals surface area contributed by atoms with Crippen molar-refractivity contribution in [1.82, 2.24) is 0 Å². The summed E-state index contributed by atoms with van der Waals surface area (Å²) in [4.78, 5) is 20.7. The number of carboxylic acids is 2. The zero-order valence-electron chi connectivity index (χ0n) is 8.74. The third kappa shape index (κ3) is 5.34. The first-order chi connectivity index (χ1) is 7.02. The van der Waals surface area contributed by atoms with Gasteiger partial charge in [0, 0.05) is 11.9 Å². The van der Waals surface area contributed by atoms with Crippen LogP contribution in [-0.4, -0.2) is 18.6 Å². The molecular weight excluding hydrogens is 200 g/mol. The van der Waals surface area contributed by atoms with Crippen LogP contribution in [0.1, 0.15) is 25.7 Å². The normalized spacial score (nSPS) is 24.9. The lowest BCUT2D eigenvalue weighted by Gasteiger charge is -2.29. The Labute approximate surface area is 88.3 Å². The molecule has 6 heteroatoms. The van der Waals surface area contributed by atoms with E-state index in [1.165, 1.54) is 0 Å². The molecule has 1 saturated carbocycles. The van der Waals surface area contributed by atoms with E-state index in [1.807, 2.05) is 0 Å². The SMILES string of the molecule is O=C([O-])C1CCC(C(=O)[O-])CC1.[NH3+]C[NH3+]. The quantitative estimate of drug-likeness (QED) is 0.453. The molecule has 1 fully saturated rings. The van der Waals surface area contributed by atoms with Crippen LogP contribution >= 0.6 is 0 Å². The maximum atomic E-state index is 10.4. The summed E-state index contributed by atoms with van der Waals surface area (Å²) < 4.78 is 0. The molecule has 0 unspecified atom stereocenters. The van der Waals surface area contributed by atoms with Gasteiger partial charge in [-0.15, -0.1) is 0 Å². The summed E-state index contributed by atoms with van der Waals surface area (Å²) in [6.45, 7) is 0.750. The zero-order chi connectivity index (χ0) is 11.8.